The fraction of sp³-hybridized carbons (Fsp3) is 0.417. The molecular weight excluding hydrogens is 214 g/mol. The molecule has 17 heavy (non-hydrogen) atoms. The van der Waals surface area contributed by atoms with Crippen LogP contribution in [0, 0.1) is 0 Å². The number of nitrogens with zero attached hydrogens (tertiary/aromatic N) is 5. The van der Waals surface area contributed by atoms with Crippen LogP contribution in [0.5, 0.6) is 0 Å². The first kappa shape index (κ1) is 10.4. The number of likely N-dealkylation sites (tertiary alicyclic amines) is 1. The predicted octanol–water partition coefficient (Wildman–Crippen LogP) is 1.26. The van der Waals surface area contributed by atoms with Crippen molar-refractivity contribution in [3.8, 4) is 5.82 Å². The van der Waals surface area contributed by atoms with Crippen molar-refractivity contribution in [1.29, 1.82) is 0 Å². The van der Waals surface area contributed by atoms with Gasteiger partial charge in [-0.25, -0.2) is 15.0 Å². The van der Waals surface area contributed by atoms with E-state index in [2.05, 4.69) is 19.9 Å². The summed E-state index contributed by atoms with van der Waals surface area (Å²) in [5, 5.41) is 0. The molecule has 88 valence electrons. The maximum Gasteiger partial charge on any atom is 0.141 e. The Balaban J connectivity index is 1.74. The van der Waals surface area contributed by atoms with Crippen molar-refractivity contribution in [2.75, 3.05) is 13.1 Å². The van der Waals surface area contributed by atoms with Gasteiger partial charge in [-0.15, -0.1) is 0 Å². The van der Waals surface area contributed by atoms with Gasteiger partial charge in [0.05, 0.1) is 5.69 Å². The average molecular weight is 229 g/mol. The average Bonchev–Trinajstić information content (AvgIpc) is 3.02. The molecule has 0 atom stereocenters. The Labute approximate surface area is 100 Å². The highest BCUT2D eigenvalue weighted by atomic mass is 15.2. The van der Waals surface area contributed by atoms with Gasteiger partial charge in [-0.2, -0.15) is 0 Å². The molecule has 5 heteroatoms. The van der Waals surface area contributed by atoms with E-state index in [9.17, 15) is 0 Å². The van der Waals surface area contributed by atoms with Crippen molar-refractivity contribution in [1.82, 2.24) is 24.4 Å². The van der Waals surface area contributed by atoms with Crippen LogP contribution in [0.15, 0.2) is 31.1 Å². The summed E-state index contributed by atoms with van der Waals surface area (Å²) in [4.78, 5) is 15.0. The third-order valence-electron chi connectivity index (χ3n) is 3.05. The van der Waals surface area contributed by atoms with E-state index in [-0.39, 0.29) is 0 Å². The van der Waals surface area contributed by atoms with E-state index in [0.29, 0.717) is 0 Å². The first-order valence-electron chi connectivity index (χ1n) is 5.93. The van der Waals surface area contributed by atoms with Crippen LogP contribution in [0.2, 0.25) is 0 Å². The van der Waals surface area contributed by atoms with Crippen molar-refractivity contribution >= 4 is 0 Å². The highest BCUT2D eigenvalue weighted by molar-refractivity contribution is 5.20. The van der Waals surface area contributed by atoms with Crippen LogP contribution in [0.4, 0.5) is 0 Å². The molecule has 0 aliphatic carbocycles. The first-order chi connectivity index (χ1) is 8.42. The van der Waals surface area contributed by atoms with Gasteiger partial charge in [0.15, 0.2) is 0 Å². The Bertz CT molecular complexity index is 473. The minimum absolute atomic E-state index is 0.861. The molecule has 0 saturated carbocycles. The van der Waals surface area contributed by atoms with Gasteiger partial charge in [-0.1, -0.05) is 0 Å². The highest BCUT2D eigenvalue weighted by Gasteiger charge is 2.13. The van der Waals surface area contributed by atoms with Crippen LogP contribution in [-0.4, -0.2) is 37.5 Å². The summed E-state index contributed by atoms with van der Waals surface area (Å²) in [7, 11) is 0. The lowest BCUT2D eigenvalue weighted by Crippen LogP contribution is -2.18. The maximum absolute atomic E-state index is 4.42. The molecule has 0 aromatic carbocycles. The third kappa shape index (κ3) is 2.34. The molecule has 0 spiro atoms. The van der Waals surface area contributed by atoms with E-state index in [1.807, 2.05) is 23.2 Å². The first-order valence-corrected chi connectivity index (χ1v) is 5.93. The topological polar surface area (TPSA) is 46.8 Å². The van der Waals surface area contributed by atoms with E-state index in [0.717, 1.165) is 18.1 Å². The van der Waals surface area contributed by atoms with Gasteiger partial charge in [0, 0.05) is 18.9 Å². The van der Waals surface area contributed by atoms with Crippen molar-refractivity contribution in [3.05, 3.63) is 36.8 Å². The molecule has 0 N–H and O–H groups in total. The molecule has 0 bridgehead atoms. The van der Waals surface area contributed by atoms with Crippen LogP contribution >= 0.6 is 0 Å². The zero-order valence-corrected chi connectivity index (χ0v) is 9.66. The van der Waals surface area contributed by atoms with E-state index >= 15 is 0 Å². The standard InChI is InChI=1S/C12H15N5/c1-2-6-16(5-1)7-11-8-17(10-15-11)12-3-4-13-9-14-12/h3-4,8-10H,1-2,5-7H2. The molecule has 5 nitrogen and oxygen atoms in total. The molecule has 1 fully saturated rings. The molecule has 0 amide bonds. The van der Waals surface area contributed by atoms with Gasteiger partial charge in [0.2, 0.25) is 0 Å². The highest BCUT2D eigenvalue weighted by Crippen LogP contribution is 2.12. The maximum atomic E-state index is 4.42. The molecular formula is C12H15N5. The van der Waals surface area contributed by atoms with Crippen LogP contribution < -0.4 is 0 Å². The number of rotatable bonds is 3. The van der Waals surface area contributed by atoms with E-state index < -0.39 is 0 Å². The summed E-state index contributed by atoms with van der Waals surface area (Å²) >= 11 is 0. The lowest BCUT2D eigenvalue weighted by atomic mass is 10.4. The Hall–Kier alpha value is -1.75. The van der Waals surface area contributed by atoms with Crippen LogP contribution in [0.1, 0.15) is 18.5 Å². The number of hydrogen-bond acceptors (Lipinski definition) is 4. The normalized spacial score (nSPS) is 16.5. The van der Waals surface area contributed by atoms with E-state index in [1.165, 1.54) is 25.9 Å². The number of imidazole rings is 1. The van der Waals surface area contributed by atoms with Crippen LogP contribution in [0.3, 0.4) is 0 Å². The summed E-state index contributed by atoms with van der Waals surface area (Å²) in [6, 6.07) is 1.88. The molecule has 2 aromatic heterocycles. The fourth-order valence-electron chi connectivity index (χ4n) is 2.18. The fourth-order valence-corrected chi connectivity index (χ4v) is 2.18. The molecule has 0 radical (unpaired) electrons. The molecule has 1 aliphatic rings. The molecule has 0 unspecified atom stereocenters. The van der Waals surface area contributed by atoms with Gasteiger partial charge in [-0.05, 0) is 32.0 Å². The summed E-state index contributed by atoms with van der Waals surface area (Å²) in [5.41, 5.74) is 1.10. The molecule has 1 aliphatic heterocycles. The van der Waals surface area contributed by atoms with Crippen molar-refractivity contribution in [3.63, 3.8) is 0 Å². The Kier molecular flexibility index (Phi) is 2.83. The van der Waals surface area contributed by atoms with Crippen molar-refractivity contribution in [2.45, 2.75) is 19.4 Å². The number of aromatic nitrogens is 4. The van der Waals surface area contributed by atoms with E-state index in [4.69, 9.17) is 0 Å². The second-order valence-electron chi connectivity index (χ2n) is 4.32. The Morgan fingerprint density at radius 3 is 2.82 bits per heavy atom. The smallest absolute Gasteiger partial charge is 0.141 e. The summed E-state index contributed by atoms with van der Waals surface area (Å²) in [6.07, 6.45) is 9.77. The van der Waals surface area contributed by atoms with Crippen LogP contribution in [0.25, 0.3) is 5.82 Å². The summed E-state index contributed by atoms with van der Waals surface area (Å²) < 4.78 is 1.94. The lowest BCUT2D eigenvalue weighted by molar-refractivity contribution is 0.327. The summed E-state index contributed by atoms with van der Waals surface area (Å²) in [6.45, 7) is 3.33. The van der Waals surface area contributed by atoms with Gasteiger partial charge in [0.25, 0.3) is 0 Å². The van der Waals surface area contributed by atoms with Crippen molar-refractivity contribution < 1.29 is 0 Å². The SMILES string of the molecule is c1cc(-n2cnc(CN3CCCC3)c2)ncn1. The van der Waals surface area contributed by atoms with Gasteiger partial charge in [0.1, 0.15) is 18.5 Å². The largest absolute Gasteiger partial charge is 0.297 e. The Morgan fingerprint density at radius 2 is 2.06 bits per heavy atom. The van der Waals surface area contributed by atoms with Crippen molar-refractivity contribution in [2.24, 2.45) is 0 Å². The zero-order valence-electron chi connectivity index (χ0n) is 9.66. The zero-order chi connectivity index (χ0) is 11.5. The van der Waals surface area contributed by atoms with Gasteiger partial charge in [-0.3, -0.25) is 9.47 Å². The predicted molar refractivity (Wildman–Crippen MR) is 63.7 cm³/mol. The Morgan fingerprint density at radius 1 is 1.18 bits per heavy atom. The van der Waals surface area contributed by atoms with E-state index in [1.54, 1.807) is 12.5 Å². The monoisotopic (exact) mass is 229 g/mol. The number of hydrogen-bond donors (Lipinski definition) is 0. The quantitative estimate of drug-likeness (QED) is 0.795. The second kappa shape index (κ2) is 4.63. The van der Waals surface area contributed by atoms with Crippen LogP contribution in [-0.2, 0) is 6.54 Å². The lowest BCUT2D eigenvalue weighted by Gasteiger charge is -2.11. The molecule has 1 saturated heterocycles. The minimum atomic E-state index is 0.861. The second-order valence-corrected chi connectivity index (χ2v) is 4.32. The molecule has 3 heterocycles. The minimum Gasteiger partial charge on any atom is -0.297 e. The molecule has 2 aromatic rings. The molecule has 3 rings (SSSR count). The summed E-state index contributed by atoms with van der Waals surface area (Å²) in [5.74, 6) is 0.861. The third-order valence-corrected chi connectivity index (χ3v) is 3.05. The van der Waals surface area contributed by atoms with Gasteiger partial charge >= 0.3 is 0 Å². The van der Waals surface area contributed by atoms with Gasteiger partial charge < -0.3 is 0 Å².